The van der Waals surface area contributed by atoms with E-state index in [1.54, 1.807) is 11.0 Å². The van der Waals surface area contributed by atoms with E-state index in [-0.39, 0.29) is 5.56 Å². The van der Waals surface area contributed by atoms with Gasteiger partial charge in [0.15, 0.2) is 0 Å². The lowest BCUT2D eigenvalue weighted by Crippen LogP contribution is -3.13. The third-order valence-electron chi connectivity index (χ3n) is 5.58. The van der Waals surface area contributed by atoms with Gasteiger partial charge in [0.25, 0.3) is 5.56 Å². The Labute approximate surface area is 143 Å². The molecular formula is C20H26N3O+. The molecule has 1 N–H and O–H groups in total. The lowest BCUT2D eigenvalue weighted by molar-refractivity contribution is -0.924. The number of fused-ring (bicyclic) bond motifs is 4. The number of aromatic nitrogens is 1. The van der Waals surface area contributed by atoms with Crippen molar-refractivity contribution in [3.63, 3.8) is 0 Å². The van der Waals surface area contributed by atoms with E-state index in [0.29, 0.717) is 11.8 Å². The van der Waals surface area contributed by atoms with Gasteiger partial charge in [-0.15, -0.1) is 0 Å². The van der Waals surface area contributed by atoms with E-state index in [1.807, 2.05) is 10.6 Å². The second kappa shape index (κ2) is 6.10. The number of piperidine rings is 1. The molecule has 4 rings (SSSR count). The first kappa shape index (κ1) is 15.5. The minimum Gasteiger partial charge on any atom is -0.378 e. The van der Waals surface area contributed by atoms with Crippen LogP contribution in [0.2, 0.25) is 0 Å². The fraction of sp³-hybridized carbons (Fsp3) is 0.450. The summed E-state index contributed by atoms with van der Waals surface area (Å²) < 4.78 is 2.02. The van der Waals surface area contributed by atoms with Crippen LogP contribution in [0.15, 0.2) is 47.3 Å². The van der Waals surface area contributed by atoms with Crippen molar-refractivity contribution in [1.82, 2.24) is 4.57 Å². The lowest BCUT2D eigenvalue weighted by atomic mass is 9.83. The van der Waals surface area contributed by atoms with E-state index in [0.717, 1.165) is 19.6 Å². The van der Waals surface area contributed by atoms with E-state index in [4.69, 9.17) is 0 Å². The molecule has 2 aromatic rings. The summed E-state index contributed by atoms with van der Waals surface area (Å²) in [5.41, 5.74) is 4.07. The number of hydrogen-bond donors (Lipinski definition) is 1. The van der Waals surface area contributed by atoms with Crippen molar-refractivity contribution in [2.45, 2.75) is 25.4 Å². The summed E-state index contributed by atoms with van der Waals surface area (Å²) in [6, 6.07) is 14.7. The van der Waals surface area contributed by atoms with Gasteiger partial charge in [-0.2, -0.15) is 0 Å². The van der Waals surface area contributed by atoms with Gasteiger partial charge in [0.1, 0.15) is 6.54 Å². The molecule has 1 saturated heterocycles. The van der Waals surface area contributed by atoms with Crippen LogP contribution in [0, 0.1) is 5.92 Å². The molecule has 1 fully saturated rings. The fourth-order valence-electron chi connectivity index (χ4n) is 4.46. The second-order valence-electron chi connectivity index (χ2n) is 7.59. The first-order chi connectivity index (χ1) is 11.6. The van der Waals surface area contributed by atoms with Crippen LogP contribution in [0.5, 0.6) is 0 Å². The number of pyridine rings is 1. The van der Waals surface area contributed by atoms with Gasteiger partial charge in [-0.25, -0.2) is 0 Å². The van der Waals surface area contributed by atoms with E-state index in [2.05, 4.69) is 49.3 Å². The standard InChI is InChI=1S/C20H25N3O/c1-21(2)18-8-6-15(7-9-18)11-22-12-16-10-17(14-22)19-4-3-5-20(24)23(19)13-16/h3-9,16-17H,10-14H2,1-2H3/p+1. The Kier molecular flexibility index (Phi) is 3.93. The Balaban J connectivity index is 1.51. The van der Waals surface area contributed by atoms with Crippen molar-refractivity contribution in [3.8, 4) is 0 Å². The number of nitrogens with one attached hydrogen (secondary N) is 1. The minimum absolute atomic E-state index is 0.171. The second-order valence-corrected chi connectivity index (χ2v) is 7.59. The summed E-state index contributed by atoms with van der Waals surface area (Å²) in [5.74, 6) is 1.16. The topological polar surface area (TPSA) is 29.7 Å². The Hall–Kier alpha value is -2.07. The zero-order valence-corrected chi connectivity index (χ0v) is 14.5. The number of nitrogens with zero attached hydrogens (tertiary/aromatic N) is 2. The van der Waals surface area contributed by atoms with E-state index >= 15 is 0 Å². The summed E-state index contributed by atoms with van der Waals surface area (Å²) in [6.07, 6.45) is 1.24. The SMILES string of the molecule is CN(C)c1ccc(C[NH+]2CC3CC(C2)c2cccc(=O)n2C3)cc1. The number of rotatable bonds is 3. The van der Waals surface area contributed by atoms with Crippen LogP contribution in [-0.4, -0.2) is 31.8 Å². The quantitative estimate of drug-likeness (QED) is 0.917. The van der Waals surface area contributed by atoms with Gasteiger partial charge in [-0.3, -0.25) is 4.79 Å². The maximum atomic E-state index is 12.1. The van der Waals surface area contributed by atoms with Gasteiger partial charge >= 0.3 is 0 Å². The number of quaternary nitrogens is 1. The van der Waals surface area contributed by atoms with Crippen molar-refractivity contribution in [2.24, 2.45) is 5.92 Å². The smallest absolute Gasteiger partial charge is 0.250 e. The molecule has 1 aromatic carbocycles. The predicted octanol–water partition coefficient (Wildman–Crippen LogP) is 1.12. The maximum absolute atomic E-state index is 12.1. The molecule has 0 saturated carbocycles. The van der Waals surface area contributed by atoms with E-state index in [9.17, 15) is 4.79 Å². The number of likely N-dealkylation sites (tertiary alicyclic amines) is 1. The molecule has 3 atom stereocenters. The highest BCUT2D eigenvalue weighted by Crippen LogP contribution is 2.30. The van der Waals surface area contributed by atoms with Crippen molar-refractivity contribution in [2.75, 3.05) is 32.1 Å². The molecule has 2 aliphatic heterocycles. The summed E-state index contributed by atoms with van der Waals surface area (Å²) >= 11 is 0. The molecule has 2 aliphatic rings. The lowest BCUT2D eigenvalue weighted by Gasteiger charge is -2.40. The third kappa shape index (κ3) is 2.86. The van der Waals surface area contributed by atoms with Crippen molar-refractivity contribution < 1.29 is 4.90 Å². The highest BCUT2D eigenvalue weighted by Gasteiger charge is 2.36. The normalized spacial score (nSPS) is 25.2. The van der Waals surface area contributed by atoms with Gasteiger partial charge in [0.05, 0.1) is 13.1 Å². The van der Waals surface area contributed by atoms with Gasteiger partial charge < -0.3 is 14.4 Å². The highest BCUT2D eigenvalue weighted by molar-refractivity contribution is 5.45. The minimum atomic E-state index is 0.171. The van der Waals surface area contributed by atoms with Crippen molar-refractivity contribution in [1.29, 1.82) is 0 Å². The summed E-state index contributed by atoms with van der Waals surface area (Å²) in [6.45, 7) is 4.29. The monoisotopic (exact) mass is 324 g/mol. The van der Waals surface area contributed by atoms with Gasteiger partial charge in [-0.1, -0.05) is 18.2 Å². The van der Waals surface area contributed by atoms with Crippen LogP contribution in [0.25, 0.3) is 0 Å². The van der Waals surface area contributed by atoms with Crippen LogP contribution in [0.1, 0.15) is 23.6 Å². The third-order valence-corrected chi connectivity index (χ3v) is 5.58. The Morgan fingerprint density at radius 2 is 1.92 bits per heavy atom. The molecule has 3 heterocycles. The van der Waals surface area contributed by atoms with E-state index < -0.39 is 0 Å². The molecule has 4 heteroatoms. The Morgan fingerprint density at radius 1 is 1.12 bits per heavy atom. The number of anilines is 1. The maximum Gasteiger partial charge on any atom is 0.250 e. The van der Waals surface area contributed by atoms with Crippen LogP contribution >= 0.6 is 0 Å². The van der Waals surface area contributed by atoms with Crippen molar-refractivity contribution >= 4 is 5.69 Å². The van der Waals surface area contributed by atoms with Crippen LogP contribution < -0.4 is 15.4 Å². The van der Waals surface area contributed by atoms with Gasteiger partial charge in [0.2, 0.25) is 0 Å². The van der Waals surface area contributed by atoms with Crippen LogP contribution in [0.3, 0.4) is 0 Å². The molecule has 0 spiro atoms. The van der Waals surface area contributed by atoms with Crippen molar-refractivity contribution in [3.05, 3.63) is 64.1 Å². The van der Waals surface area contributed by atoms with Crippen LogP contribution in [-0.2, 0) is 13.1 Å². The molecule has 1 aromatic heterocycles. The average Bonchev–Trinajstić information content (AvgIpc) is 2.56. The number of hydrogen-bond acceptors (Lipinski definition) is 2. The predicted molar refractivity (Wildman–Crippen MR) is 96.7 cm³/mol. The summed E-state index contributed by atoms with van der Waals surface area (Å²) in [4.78, 5) is 15.9. The van der Waals surface area contributed by atoms with Gasteiger partial charge in [0, 0.05) is 55.5 Å². The molecular weight excluding hydrogens is 298 g/mol. The highest BCUT2D eigenvalue weighted by atomic mass is 16.1. The zero-order valence-electron chi connectivity index (χ0n) is 14.5. The molecule has 0 amide bonds. The van der Waals surface area contributed by atoms with Crippen LogP contribution in [0.4, 0.5) is 5.69 Å². The summed E-state index contributed by atoms with van der Waals surface area (Å²) in [7, 11) is 4.15. The Morgan fingerprint density at radius 3 is 2.67 bits per heavy atom. The van der Waals surface area contributed by atoms with E-state index in [1.165, 1.54) is 29.9 Å². The number of benzene rings is 1. The summed E-state index contributed by atoms with van der Waals surface area (Å²) in [5, 5.41) is 0. The molecule has 126 valence electrons. The molecule has 3 unspecified atom stereocenters. The zero-order chi connectivity index (χ0) is 16.7. The Bertz CT molecular complexity index is 778. The molecule has 0 radical (unpaired) electrons. The molecule has 24 heavy (non-hydrogen) atoms. The average molecular weight is 324 g/mol. The molecule has 2 bridgehead atoms. The molecule has 0 aliphatic carbocycles. The molecule has 4 nitrogen and oxygen atoms in total. The fourth-order valence-corrected chi connectivity index (χ4v) is 4.46. The van der Waals surface area contributed by atoms with Gasteiger partial charge in [-0.05, 0) is 24.6 Å². The largest absolute Gasteiger partial charge is 0.378 e. The first-order valence-electron chi connectivity index (χ1n) is 8.90. The first-order valence-corrected chi connectivity index (χ1v) is 8.90.